The van der Waals surface area contributed by atoms with Gasteiger partial charge in [0.05, 0.1) is 0 Å². The van der Waals surface area contributed by atoms with Gasteiger partial charge < -0.3 is 0 Å². The van der Waals surface area contributed by atoms with Gasteiger partial charge in [-0.3, -0.25) is 10.1 Å². The Morgan fingerprint density at radius 2 is 2.24 bits per heavy atom. The molecule has 2 aromatic heterocycles. The number of sulfone groups is 1. The molecule has 114 valence electrons. The molecule has 2 heterocycles. The SMILES string of the molecule is C[C@@H](C(=O)Nc1nnc(SCc2cccs2)s1)S(C)(=O)=O. The Balaban J connectivity index is 1.92. The summed E-state index contributed by atoms with van der Waals surface area (Å²) in [6, 6.07) is 4.02. The number of amides is 1. The van der Waals surface area contributed by atoms with Gasteiger partial charge in [-0.25, -0.2) is 8.42 Å². The first-order valence-electron chi connectivity index (χ1n) is 5.84. The lowest BCUT2D eigenvalue weighted by Crippen LogP contribution is -2.31. The summed E-state index contributed by atoms with van der Waals surface area (Å²) in [5.41, 5.74) is 0. The van der Waals surface area contributed by atoms with Crippen LogP contribution in [0.3, 0.4) is 0 Å². The first-order chi connectivity index (χ1) is 9.86. The quantitative estimate of drug-likeness (QED) is 0.625. The number of carbonyl (C=O) groups is 1. The molecule has 0 aliphatic carbocycles. The lowest BCUT2D eigenvalue weighted by Gasteiger charge is -2.07. The highest BCUT2D eigenvalue weighted by molar-refractivity contribution is 8.00. The third kappa shape index (κ3) is 4.77. The van der Waals surface area contributed by atoms with E-state index in [1.807, 2.05) is 17.5 Å². The van der Waals surface area contributed by atoms with E-state index in [2.05, 4.69) is 15.5 Å². The molecule has 0 radical (unpaired) electrons. The van der Waals surface area contributed by atoms with Gasteiger partial charge in [0.1, 0.15) is 5.25 Å². The van der Waals surface area contributed by atoms with E-state index in [4.69, 9.17) is 0 Å². The highest BCUT2D eigenvalue weighted by Crippen LogP contribution is 2.29. The number of anilines is 1. The fraction of sp³-hybridized carbons (Fsp3) is 0.364. The van der Waals surface area contributed by atoms with Crippen LogP contribution in [0.15, 0.2) is 21.9 Å². The predicted octanol–water partition coefficient (Wildman–Crippen LogP) is 2.26. The second kappa shape index (κ2) is 6.86. The van der Waals surface area contributed by atoms with Crippen molar-refractivity contribution < 1.29 is 13.2 Å². The van der Waals surface area contributed by atoms with E-state index in [0.717, 1.165) is 16.3 Å². The molecule has 6 nitrogen and oxygen atoms in total. The molecule has 1 atom stereocenters. The monoisotopic (exact) mass is 363 g/mol. The molecular weight excluding hydrogens is 350 g/mol. The summed E-state index contributed by atoms with van der Waals surface area (Å²) in [4.78, 5) is 13.0. The zero-order chi connectivity index (χ0) is 15.5. The number of thiophene rings is 1. The predicted molar refractivity (Wildman–Crippen MR) is 86.7 cm³/mol. The highest BCUT2D eigenvalue weighted by atomic mass is 32.2. The van der Waals surface area contributed by atoms with E-state index >= 15 is 0 Å². The molecule has 1 N–H and O–H groups in total. The molecule has 10 heteroatoms. The number of aromatic nitrogens is 2. The molecule has 21 heavy (non-hydrogen) atoms. The largest absolute Gasteiger partial charge is 0.299 e. The van der Waals surface area contributed by atoms with Crippen LogP contribution in [0.5, 0.6) is 0 Å². The van der Waals surface area contributed by atoms with Crippen LogP contribution < -0.4 is 5.32 Å². The maximum Gasteiger partial charge on any atom is 0.244 e. The number of carbonyl (C=O) groups excluding carboxylic acids is 1. The molecule has 0 spiro atoms. The minimum absolute atomic E-state index is 0.309. The summed E-state index contributed by atoms with van der Waals surface area (Å²) in [5.74, 6) is 0.198. The van der Waals surface area contributed by atoms with E-state index in [1.165, 1.54) is 34.9 Å². The van der Waals surface area contributed by atoms with Crippen LogP contribution in [-0.2, 0) is 20.4 Å². The van der Waals surface area contributed by atoms with Crippen molar-refractivity contribution in [2.24, 2.45) is 0 Å². The molecule has 0 aromatic carbocycles. The van der Waals surface area contributed by atoms with Gasteiger partial charge in [-0.15, -0.1) is 21.5 Å². The van der Waals surface area contributed by atoms with Gasteiger partial charge >= 0.3 is 0 Å². The van der Waals surface area contributed by atoms with Crippen molar-refractivity contribution in [3.8, 4) is 0 Å². The van der Waals surface area contributed by atoms with Gasteiger partial charge in [-0.05, 0) is 18.4 Å². The highest BCUT2D eigenvalue weighted by Gasteiger charge is 2.24. The molecular formula is C11H13N3O3S4. The summed E-state index contributed by atoms with van der Waals surface area (Å²) in [7, 11) is -3.41. The Morgan fingerprint density at radius 1 is 1.48 bits per heavy atom. The molecule has 2 rings (SSSR count). The molecule has 0 bridgehead atoms. The Bertz CT molecular complexity index is 709. The number of thioether (sulfide) groups is 1. The average molecular weight is 364 g/mol. The molecule has 0 saturated heterocycles. The first kappa shape index (κ1) is 16.4. The van der Waals surface area contributed by atoms with E-state index in [0.29, 0.717) is 5.13 Å². The topological polar surface area (TPSA) is 89.0 Å². The number of nitrogens with zero attached hydrogens (tertiary/aromatic N) is 2. The normalized spacial score (nSPS) is 13.0. The van der Waals surface area contributed by atoms with Crippen LogP contribution in [0.1, 0.15) is 11.8 Å². The van der Waals surface area contributed by atoms with Gasteiger partial charge in [0.15, 0.2) is 14.2 Å². The minimum Gasteiger partial charge on any atom is -0.299 e. The molecule has 0 aliphatic rings. The third-order valence-corrected chi connectivity index (χ3v) is 7.14. The van der Waals surface area contributed by atoms with Crippen molar-refractivity contribution in [2.75, 3.05) is 11.6 Å². The molecule has 0 aliphatic heterocycles. The minimum atomic E-state index is -3.41. The van der Waals surface area contributed by atoms with Crippen molar-refractivity contribution in [1.29, 1.82) is 0 Å². The van der Waals surface area contributed by atoms with Gasteiger partial charge in [0.25, 0.3) is 0 Å². The second-order valence-corrected chi connectivity index (χ2v) is 9.80. The van der Waals surface area contributed by atoms with Crippen LogP contribution in [0.4, 0.5) is 5.13 Å². The average Bonchev–Trinajstić information content (AvgIpc) is 3.05. The smallest absolute Gasteiger partial charge is 0.244 e. The number of hydrogen-bond acceptors (Lipinski definition) is 8. The van der Waals surface area contributed by atoms with Gasteiger partial charge in [-0.2, -0.15) is 0 Å². The van der Waals surface area contributed by atoms with Crippen molar-refractivity contribution in [2.45, 2.75) is 22.3 Å². The van der Waals surface area contributed by atoms with Crippen molar-refractivity contribution >= 4 is 55.3 Å². The summed E-state index contributed by atoms with van der Waals surface area (Å²) in [5, 5.41) is 11.5. The Kier molecular flexibility index (Phi) is 5.36. The molecule has 1 amide bonds. The molecule has 0 fully saturated rings. The standard InChI is InChI=1S/C11H13N3O3S4/c1-7(21(2,16)17)9(15)12-10-13-14-11(20-10)19-6-8-4-3-5-18-8/h3-5,7H,6H2,1-2H3,(H,12,13,15)/t7-/m0/s1. The van der Waals surface area contributed by atoms with E-state index < -0.39 is 21.0 Å². The maximum atomic E-state index is 11.8. The Hall–Kier alpha value is -0.970. The summed E-state index contributed by atoms with van der Waals surface area (Å²) in [6.45, 7) is 1.35. The third-order valence-electron chi connectivity index (χ3n) is 2.57. The van der Waals surface area contributed by atoms with Gasteiger partial charge in [-0.1, -0.05) is 29.2 Å². The van der Waals surface area contributed by atoms with Crippen molar-refractivity contribution in [3.63, 3.8) is 0 Å². The van der Waals surface area contributed by atoms with Crippen molar-refractivity contribution in [3.05, 3.63) is 22.4 Å². The van der Waals surface area contributed by atoms with Gasteiger partial charge in [0, 0.05) is 16.9 Å². The van der Waals surface area contributed by atoms with Gasteiger partial charge in [0.2, 0.25) is 11.0 Å². The number of nitrogens with one attached hydrogen (secondary N) is 1. The fourth-order valence-electron chi connectivity index (χ4n) is 1.25. The zero-order valence-electron chi connectivity index (χ0n) is 11.3. The van der Waals surface area contributed by atoms with Crippen molar-refractivity contribution in [1.82, 2.24) is 10.2 Å². The van der Waals surface area contributed by atoms with E-state index in [-0.39, 0.29) is 0 Å². The fourth-order valence-corrected chi connectivity index (χ4v) is 4.22. The zero-order valence-corrected chi connectivity index (χ0v) is 14.5. The maximum absolute atomic E-state index is 11.8. The van der Waals surface area contributed by atoms with Crippen LogP contribution in [0.25, 0.3) is 0 Å². The lowest BCUT2D eigenvalue weighted by molar-refractivity contribution is -0.115. The van der Waals surface area contributed by atoms with Crippen LogP contribution >= 0.6 is 34.4 Å². The summed E-state index contributed by atoms with van der Waals surface area (Å²) >= 11 is 4.42. The van der Waals surface area contributed by atoms with Crippen LogP contribution in [0.2, 0.25) is 0 Å². The summed E-state index contributed by atoms with van der Waals surface area (Å²) in [6.07, 6.45) is 1.03. The summed E-state index contributed by atoms with van der Waals surface area (Å²) < 4.78 is 23.3. The van der Waals surface area contributed by atoms with Crippen LogP contribution in [0, 0.1) is 0 Å². The molecule has 0 unspecified atom stereocenters. The van der Waals surface area contributed by atoms with Crippen LogP contribution in [-0.4, -0.2) is 36.0 Å². The number of hydrogen-bond donors (Lipinski definition) is 1. The molecule has 2 aromatic rings. The Morgan fingerprint density at radius 3 is 2.86 bits per heavy atom. The first-order valence-corrected chi connectivity index (χ1v) is 10.5. The number of rotatable bonds is 6. The van der Waals surface area contributed by atoms with E-state index in [1.54, 1.807) is 11.3 Å². The lowest BCUT2D eigenvalue weighted by atomic mass is 10.4. The molecule has 0 saturated carbocycles. The second-order valence-electron chi connectivity index (χ2n) is 4.20. The van der Waals surface area contributed by atoms with E-state index in [9.17, 15) is 13.2 Å². The Labute approximate surface area is 134 Å².